The predicted octanol–water partition coefficient (Wildman–Crippen LogP) is 9.99. The average molecular weight is 842 g/mol. The van der Waals surface area contributed by atoms with E-state index in [-0.39, 0.29) is 0 Å². The van der Waals surface area contributed by atoms with Crippen LogP contribution in [0.25, 0.3) is 20.4 Å². The number of anilines is 2. The monoisotopic (exact) mass is 840 g/mol. The van der Waals surface area contributed by atoms with E-state index in [1.807, 2.05) is 50.2 Å². The molecule has 0 spiro atoms. The number of benzene rings is 2. The molecule has 3 N–H and O–H groups in total. The predicted molar refractivity (Wildman–Crippen MR) is 231 cm³/mol. The number of para-hydroxylation sites is 2. The summed E-state index contributed by atoms with van der Waals surface area (Å²) in [4.78, 5) is 21.9. The van der Waals surface area contributed by atoms with Crippen molar-refractivity contribution in [3.63, 3.8) is 0 Å². The molecule has 2 aliphatic heterocycles. The summed E-state index contributed by atoms with van der Waals surface area (Å²) in [5.41, 5.74) is 4.42. The molecular formula is C40H47Cl3N8O2S2. The molecule has 0 amide bonds. The van der Waals surface area contributed by atoms with E-state index in [9.17, 15) is 0 Å². The highest BCUT2D eigenvalue weighted by atomic mass is 35.5. The van der Waals surface area contributed by atoms with Crippen LogP contribution in [-0.2, 0) is 12.4 Å². The lowest BCUT2D eigenvalue weighted by atomic mass is 10.0. The zero-order valence-corrected chi connectivity index (χ0v) is 35.4. The standard InChI is InChI=1S/C20H23ClN4OS.C12H15ClN4S.C8H9ClO/c1-13-17-19(22-12-23-20(17)27-18(13)21)24-15-7-9-25(10-8-15)11-14-5-3-4-6-16(14)26-2;1-7-9-11(17-8-2-4-14-5-3-8)15-6-16-12(9)18-10(7)13;1-10-8-5-3-2-4-7(8)6-9/h3-6,12,15H,7-11H2,1-2H3,(H,22,23,24);6,8,14H,2-5H2,1H3,(H,15,16,17);2-5H,6H2,1H3. The summed E-state index contributed by atoms with van der Waals surface area (Å²) in [5.74, 6) is 4.16. The minimum Gasteiger partial charge on any atom is -0.496 e. The third kappa shape index (κ3) is 10.5. The SMILES string of the molecule is COc1ccccc1CCl.COc1ccccc1CN1CCC(Nc2ncnc3sc(Cl)c(C)c23)CC1.Cc1c(Cl)sc2ncnc(NC3CCNCC3)c12. The lowest BCUT2D eigenvalue weighted by Gasteiger charge is -2.33. The average Bonchev–Trinajstić information content (AvgIpc) is 3.69. The third-order valence-electron chi connectivity index (χ3n) is 9.87. The summed E-state index contributed by atoms with van der Waals surface area (Å²) in [7, 11) is 3.38. The van der Waals surface area contributed by atoms with Gasteiger partial charge in [-0.2, -0.15) is 0 Å². The van der Waals surface area contributed by atoms with E-state index in [0.717, 1.165) is 127 Å². The van der Waals surface area contributed by atoms with Gasteiger partial charge < -0.3 is 25.4 Å². The first-order valence-electron chi connectivity index (χ1n) is 18.3. The van der Waals surface area contributed by atoms with Crippen LogP contribution in [0.4, 0.5) is 11.6 Å². The molecule has 0 bridgehead atoms. The molecule has 2 fully saturated rings. The number of alkyl halides is 1. The van der Waals surface area contributed by atoms with Gasteiger partial charge in [0.1, 0.15) is 45.5 Å². The molecular weight excluding hydrogens is 795 g/mol. The van der Waals surface area contributed by atoms with Crippen molar-refractivity contribution in [2.75, 3.05) is 51.0 Å². The van der Waals surface area contributed by atoms with Crippen LogP contribution >= 0.6 is 57.5 Å². The van der Waals surface area contributed by atoms with Gasteiger partial charge in [0.25, 0.3) is 0 Å². The van der Waals surface area contributed by atoms with Gasteiger partial charge in [-0.15, -0.1) is 34.3 Å². The molecule has 0 unspecified atom stereocenters. The van der Waals surface area contributed by atoms with Crippen molar-refractivity contribution in [1.29, 1.82) is 0 Å². The van der Waals surface area contributed by atoms with Crippen molar-refractivity contribution in [3.8, 4) is 11.5 Å². The minimum atomic E-state index is 0.412. The van der Waals surface area contributed by atoms with Crippen molar-refractivity contribution in [1.82, 2.24) is 30.2 Å². The van der Waals surface area contributed by atoms with Crippen LogP contribution in [0.15, 0.2) is 61.2 Å². The van der Waals surface area contributed by atoms with Gasteiger partial charge in [-0.3, -0.25) is 4.90 Å². The van der Waals surface area contributed by atoms with E-state index in [0.29, 0.717) is 18.0 Å². The fourth-order valence-corrected chi connectivity index (χ4v) is 9.39. The third-order valence-corrected chi connectivity index (χ3v) is 13.2. The quantitative estimate of drug-likeness (QED) is 0.122. The molecule has 4 aromatic heterocycles. The van der Waals surface area contributed by atoms with Crippen molar-refractivity contribution in [2.45, 2.75) is 64.0 Å². The summed E-state index contributed by atoms with van der Waals surface area (Å²) in [5, 5.41) is 12.7. The highest BCUT2D eigenvalue weighted by molar-refractivity contribution is 7.23. The van der Waals surface area contributed by atoms with Crippen LogP contribution in [0, 0.1) is 13.8 Å². The van der Waals surface area contributed by atoms with Gasteiger partial charge in [-0.25, -0.2) is 19.9 Å². The van der Waals surface area contributed by atoms with Crippen molar-refractivity contribution in [2.24, 2.45) is 0 Å². The van der Waals surface area contributed by atoms with Crippen molar-refractivity contribution >= 4 is 89.5 Å². The molecule has 10 nitrogen and oxygen atoms in total. The number of nitrogens with zero attached hydrogens (tertiary/aromatic N) is 5. The Morgan fingerprint density at radius 3 is 1.67 bits per heavy atom. The second kappa shape index (κ2) is 20.1. The second-order valence-electron chi connectivity index (χ2n) is 13.4. The molecule has 2 saturated heterocycles. The van der Waals surface area contributed by atoms with Crippen LogP contribution in [0.1, 0.15) is 47.9 Å². The first-order chi connectivity index (χ1) is 26.8. The summed E-state index contributed by atoms with van der Waals surface area (Å²) in [6, 6.07) is 16.9. The van der Waals surface area contributed by atoms with Crippen LogP contribution < -0.4 is 25.4 Å². The molecule has 2 aliphatic rings. The molecule has 6 heterocycles. The molecule has 0 saturated carbocycles. The number of aryl methyl sites for hydroxylation is 2. The first kappa shape index (κ1) is 41.2. The zero-order chi connectivity index (χ0) is 38.7. The van der Waals surface area contributed by atoms with Crippen molar-refractivity contribution < 1.29 is 9.47 Å². The van der Waals surface area contributed by atoms with Gasteiger partial charge in [0.05, 0.1) is 39.5 Å². The largest absolute Gasteiger partial charge is 0.496 e. The van der Waals surface area contributed by atoms with E-state index in [1.165, 1.54) is 28.2 Å². The van der Waals surface area contributed by atoms with Gasteiger partial charge in [0, 0.05) is 42.8 Å². The fourth-order valence-electron chi connectivity index (χ4n) is 6.78. The Morgan fingerprint density at radius 2 is 1.18 bits per heavy atom. The fraction of sp³-hybridized carbons (Fsp3) is 0.400. The molecule has 15 heteroatoms. The topological polar surface area (TPSA) is 109 Å². The van der Waals surface area contributed by atoms with Crippen LogP contribution in [0.2, 0.25) is 8.67 Å². The number of aromatic nitrogens is 4. The Bertz CT molecular complexity index is 2130. The Kier molecular flexibility index (Phi) is 15.0. The van der Waals surface area contributed by atoms with Crippen LogP contribution in [-0.4, -0.2) is 77.3 Å². The van der Waals surface area contributed by atoms with Crippen LogP contribution in [0.3, 0.4) is 0 Å². The zero-order valence-electron chi connectivity index (χ0n) is 31.5. The maximum Gasteiger partial charge on any atom is 0.138 e. The maximum atomic E-state index is 6.29. The minimum absolute atomic E-state index is 0.412. The molecule has 55 heavy (non-hydrogen) atoms. The smallest absolute Gasteiger partial charge is 0.138 e. The number of likely N-dealkylation sites (tertiary alicyclic amines) is 1. The number of piperidine rings is 2. The highest BCUT2D eigenvalue weighted by Gasteiger charge is 2.22. The summed E-state index contributed by atoms with van der Waals surface area (Å²) in [6.07, 6.45) is 7.64. The lowest BCUT2D eigenvalue weighted by Crippen LogP contribution is -2.38. The maximum absolute atomic E-state index is 6.29. The number of fused-ring (bicyclic) bond motifs is 2. The Hall–Kier alpha value is -3.49. The van der Waals surface area contributed by atoms with E-state index >= 15 is 0 Å². The molecule has 292 valence electrons. The number of halogens is 3. The summed E-state index contributed by atoms with van der Waals surface area (Å²) < 4.78 is 12.1. The van der Waals surface area contributed by atoms with Crippen LogP contribution in [0.5, 0.6) is 11.5 Å². The Labute approximate surface area is 346 Å². The second-order valence-corrected chi connectivity index (χ2v) is 16.9. The van der Waals surface area contributed by atoms with Gasteiger partial charge in [-0.05, 0) is 75.9 Å². The Morgan fingerprint density at radius 1 is 0.709 bits per heavy atom. The number of ether oxygens (including phenoxy) is 2. The molecule has 2 aromatic carbocycles. The van der Waals surface area contributed by atoms with Gasteiger partial charge in [0.15, 0.2) is 0 Å². The number of hydrogen-bond donors (Lipinski definition) is 3. The van der Waals surface area contributed by atoms with E-state index < -0.39 is 0 Å². The van der Waals surface area contributed by atoms with Gasteiger partial charge in [-0.1, -0.05) is 59.6 Å². The summed E-state index contributed by atoms with van der Waals surface area (Å²) in [6.45, 7) is 9.21. The normalized spacial score (nSPS) is 15.2. The van der Waals surface area contributed by atoms with Gasteiger partial charge in [0.2, 0.25) is 0 Å². The number of thiophene rings is 2. The van der Waals surface area contributed by atoms with Gasteiger partial charge >= 0.3 is 0 Å². The number of nitrogens with one attached hydrogen (secondary N) is 3. The molecule has 8 rings (SSSR count). The molecule has 0 radical (unpaired) electrons. The first-order valence-corrected chi connectivity index (χ1v) is 21.3. The number of rotatable bonds is 9. The van der Waals surface area contributed by atoms with Crippen molar-refractivity contribution in [3.05, 3.63) is 92.1 Å². The molecule has 0 atom stereocenters. The van der Waals surface area contributed by atoms with E-state index in [4.69, 9.17) is 44.3 Å². The lowest BCUT2D eigenvalue weighted by molar-refractivity contribution is 0.209. The van der Waals surface area contributed by atoms with E-state index in [2.05, 4.69) is 52.9 Å². The number of methoxy groups -OCH3 is 2. The summed E-state index contributed by atoms with van der Waals surface area (Å²) >= 11 is 21.1. The van der Waals surface area contributed by atoms with E-state index in [1.54, 1.807) is 26.9 Å². The highest BCUT2D eigenvalue weighted by Crippen LogP contribution is 2.38. The Balaban J connectivity index is 0.000000157. The molecule has 0 aliphatic carbocycles. The molecule has 6 aromatic rings. The number of hydrogen-bond acceptors (Lipinski definition) is 12.